The first-order valence-corrected chi connectivity index (χ1v) is 8.37. The number of hydrogen-bond donors (Lipinski definition) is 2. The van der Waals surface area contributed by atoms with Crippen molar-refractivity contribution >= 4 is 41.9 Å². The number of hydrogen-bond acceptors (Lipinski definition) is 3. The summed E-state index contributed by atoms with van der Waals surface area (Å²) in [5.74, 6) is 0. The van der Waals surface area contributed by atoms with Crippen LogP contribution in [-0.4, -0.2) is 34.8 Å². The van der Waals surface area contributed by atoms with Crippen LogP contribution in [0.25, 0.3) is 0 Å². The highest BCUT2D eigenvalue weighted by Gasteiger charge is 2.32. The first kappa shape index (κ1) is 14.1. The number of aromatic nitrogens is 2. The molecule has 5 nitrogen and oxygen atoms in total. The third-order valence-electron chi connectivity index (χ3n) is 2.30. The van der Waals surface area contributed by atoms with Gasteiger partial charge in [-0.2, -0.15) is 5.10 Å². The number of nitrogens with zero attached hydrogens (tertiary/aromatic N) is 1. The third kappa shape index (κ3) is 3.06. The van der Waals surface area contributed by atoms with Crippen LogP contribution in [0, 0.1) is 0 Å². The Morgan fingerprint density at radius 3 is 2.50 bits per heavy atom. The average Bonchev–Trinajstić information content (AvgIpc) is 2.80. The van der Waals surface area contributed by atoms with Gasteiger partial charge in [0.2, 0.25) is 0 Å². The zero-order valence-corrected chi connectivity index (χ0v) is 12.7. The molecule has 0 saturated carbocycles. The molecule has 16 heavy (non-hydrogen) atoms. The maximum Gasteiger partial charge on any atom is 0.258 e. The fraction of sp³-hybridized carbons (Fsp3) is 0.625. The molecule has 0 radical (unpaired) electrons. The van der Waals surface area contributed by atoms with E-state index in [1.165, 1.54) is 12.3 Å². The Morgan fingerprint density at radius 1 is 1.50 bits per heavy atom. The van der Waals surface area contributed by atoms with Gasteiger partial charge in [-0.1, -0.05) is 38.8 Å². The third-order valence-corrected chi connectivity index (χ3v) is 5.96. The van der Waals surface area contributed by atoms with Crippen LogP contribution in [0.3, 0.4) is 0 Å². The molecule has 8 heteroatoms. The first-order valence-electron chi connectivity index (χ1n) is 4.65. The summed E-state index contributed by atoms with van der Waals surface area (Å²) in [6.07, 6.45) is 2.08. The van der Waals surface area contributed by atoms with Crippen LogP contribution in [0.1, 0.15) is 13.3 Å². The summed E-state index contributed by atoms with van der Waals surface area (Å²) >= 11 is 6.65. The standard InChI is InChI=1S/C8H13Br2N3O2S/c1-2-8(5-9,6-10)13-16(14,15)7-3-4-11-12-7/h3-4,13H,2,5-6H2,1H3,(H,11,12). The number of alkyl halides is 2. The van der Waals surface area contributed by atoms with E-state index < -0.39 is 15.6 Å². The van der Waals surface area contributed by atoms with E-state index >= 15 is 0 Å². The minimum atomic E-state index is -3.54. The van der Waals surface area contributed by atoms with E-state index in [9.17, 15) is 8.42 Å². The minimum absolute atomic E-state index is 0.0761. The van der Waals surface area contributed by atoms with Crippen molar-refractivity contribution in [3.8, 4) is 0 Å². The van der Waals surface area contributed by atoms with Gasteiger partial charge in [0.1, 0.15) is 0 Å². The van der Waals surface area contributed by atoms with Gasteiger partial charge in [-0.05, 0) is 12.5 Å². The summed E-state index contributed by atoms with van der Waals surface area (Å²) in [7, 11) is -3.54. The molecule has 0 amide bonds. The van der Waals surface area contributed by atoms with Crippen LogP contribution in [0.15, 0.2) is 17.3 Å². The van der Waals surface area contributed by atoms with E-state index in [2.05, 4.69) is 46.8 Å². The number of halogens is 2. The van der Waals surface area contributed by atoms with Crippen molar-refractivity contribution in [2.75, 3.05) is 10.7 Å². The molecule has 1 aromatic rings. The van der Waals surface area contributed by atoms with Crippen molar-refractivity contribution in [1.82, 2.24) is 14.9 Å². The molecule has 1 heterocycles. The highest BCUT2D eigenvalue weighted by atomic mass is 79.9. The summed E-state index contributed by atoms with van der Waals surface area (Å²) in [5, 5.41) is 7.22. The van der Waals surface area contributed by atoms with Gasteiger partial charge in [-0.25, -0.2) is 13.1 Å². The Morgan fingerprint density at radius 2 is 2.12 bits per heavy atom. The van der Waals surface area contributed by atoms with Gasteiger partial charge in [-0.15, -0.1) is 0 Å². The van der Waals surface area contributed by atoms with E-state index in [0.29, 0.717) is 17.1 Å². The highest BCUT2D eigenvalue weighted by molar-refractivity contribution is 9.09. The Balaban J connectivity index is 2.96. The number of nitrogens with one attached hydrogen (secondary N) is 2. The molecule has 2 N–H and O–H groups in total. The van der Waals surface area contributed by atoms with Gasteiger partial charge in [0.05, 0.1) is 11.7 Å². The van der Waals surface area contributed by atoms with E-state index in [1.54, 1.807) is 0 Å². The molecule has 0 atom stereocenters. The van der Waals surface area contributed by atoms with Crippen LogP contribution < -0.4 is 4.72 Å². The summed E-state index contributed by atoms with van der Waals surface area (Å²) in [4.78, 5) is 0. The average molecular weight is 375 g/mol. The van der Waals surface area contributed by atoms with Crippen molar-refractivity contribution in [3.05, 3.63) is 12.3 Å². The quantitative estimate of drug-likeness (QED) is 0.743. The van der Waals surface area contributed by atoms with Crippen molar-refractivity contribution in [3.63, 3.8) is 0 Å². The molecule has 0 bridgehead atoms. The van der Waals surface area contributed by atoms with E-state index in [0.717, 1.165) is 0 Å². The molecular weight excluding hydrogens is 362 g/mol. The van der Waals surface area contributed by atoms with Crippen LogP contribution in [-0.2, 0) is 10.0 Å². The molecule has 0 spiro atoms. The van der Waals surface area contributed by atoms with Gasteiger partial charge in [0.25, 0.3) is 10.0 Å². The van der Waals surface area contributed by atoms with Gasteiger partial charge >= 0.3 is 0 Å². The Hall–Kier alpha value is 0.0800. The number of aromatic amines is 1. The zero-order valence-electron chi connectivity index (χ0n) is 8.70. The predicted molar refractivity (Wildman–Crippen MR) is 69.5 cm³/mol. The SMILES string of the molecule is CCC(CBr)(CBr)NS(=O)(=O)c1ccn[nH]1. The van der Waals surface area contributed by atoms with Gasteiger partial charge in [0.15, 0.2) is 5.03 Å². The van der Waals surface area contributed by atoms with Crippen LogP contribution in [0.4, 0.5) is 0 Å². The second kappa shape index (κ2) is 5.61. The number of H-pyrrole nitrogens is 1. The summed E-state index contributed by atoms with van der Waals surface area (Å²) in [5.41, 5.74) is -0.524. The number of rotatable bonds is 6. The minimum Gasteiger partial charge on any atom is -0.266 e. The van der Waals surface area contributed by atoms with Crippen LogP contribution in [0.2, 0.25) is 0 Å². The maximum atomic E-state index is 12.0. The van der Waals surface area contributed by atoms with Gasteiger partial charge in [-0.3, -0.25) is 5.10 Å². The van der Waals surface area contributed by atoms with Crippen molar-refractivity contribution in [2.45, 2.75) is 23.9 Å². The monoisotopic (exact) mass is 373 g/mol. The lowest BCUT2D eigenvalue weighted by Crippen LogP contribution is -2.51. The Bertz CT molecular complexity index is 406. The molecule has 0 fully saturated rings. The fourth-order valence-electron chi connectivity index (χ4n) is 1.08. The van der Waals surface area contributed by atoms with Crippen molar-refractivity contribution in [2.24, 2.45) is 0 Å². The molecular formula is C8H13Br2N3O2S. The van der Waals surface area contributed by atoms with Crippen LogP contribution in [0.5, 0.6) is 0 Å². The lowest BCUT2D eigenvalue weighted by molar-refractivity contribution is 0.458. The van der Waals surface area contributed by atoms with E-state index in [1.807, 2.05) is 6.92 Å². The first-order chi connectivity index (χ1) is 7.49. The van der Waals surface area contributed by atoms with E-state index in [-0.39, 0.29) is 5.03 Å². The molecule has 0 aliphatic carbocycles. The molecule has 1 rings (SSSR count). The molecule has 0 aromatic carbocycles. The van der Waals surface area contributed by atoms with Crippen LogP contribution >= 0.6 is 31.9 Å². The smallest absolute Gasteiger partial charge is 0.258 e. The van der Waals surface area contributed by atoms with Crippen molar-refractivity contribution < 1.29 is 8.42 Å². The molecule has 1 aromatic heterocycles. The molecule has 92 valence electrons. The molecule has 0 unspecified atom stereocenters. The largest absolute Gasteiger partial charge is 0.266 e. The Kier molecular flexibility index (Phi) is 4.96. The van der Waals surface area contributed by atoms with Gasteiger partial charge < -0.3 is 0 Å². The molecule has 0 aliphatic heterocycles. The van der Waals surface area contributed by atoms with Crippen molar-refractivity contribution in [1.29, 1.82) is 0 Å². The Labute approximate surface area is 112 Å². The second-order valence-corrected chi connectivity index (χ2v) is 6.20. The molecule has 0 saturated heterocycles. The van der Waals surface area contributed by atoms with Gasteiger partial charge in [0, 0.05) is 10.7 Å². The lowest BCUT2D eigenvalue weighted by Gasteiger charge is -2.29. The number of sulfonamides is 1. The zero-order chi connectivity index (χ0) is 12.2. The lowest BCUT2D eigenvalue weighted by atomic mass is 10.0. The summed E-state index contributed by atoms with van der Waals surface area (Å²) in [6.45, 7) is 1.93. The molecule has 0 aliphatic rings. The predicted octanol–water partition coefficient (Wildman–Crippen LogP) is 1.63. The topological polar surface area (TPSA) is 74.8 Å². The summed E-state index contributed by atoms with van der Waals surface area (Å²) < 4.78 is 26.6. The normalized spacial score (nSPS) is 12.9. The second-order valence-electron chi connectivity index (χ2n) is 3.43. The van der Waals surface area contributed by atoms with E-state index in [4.69, 9.17) is 0 Å². The fourth-order valence-corrected chi connectivity index (χ4v) is 4.84. The highest BCUT2D eigenvalue weighted by Crippen LogP contribution is 2.20. The summed E-state index contributed by atoms with van der Waals surface area (Å²) in [6, 6.07) is 1.42. The maximum absolute atomic E-state index is 12.0.